The van der Waals surface area contributed by atoms with Gasteiger partial charge in [0.15, 0.2) is 11.5 Å². The Kier molecular flexibility index (Phi) is 8.27. The Morgan fingerprint density at radius 2 is 1.50 bits per heavy atom. The lowest BCUT2D eigenvalue weighted by Crippen LogP contribution is -2.04. The maximum atomic E-state index is 6.49. The Balaban J connectivity index is 1.76. The van der Waals surface area contributed by atoms with E-state index < -0.39 is 0 Å². The molecule has 0 spiro atoms. The molecule has 3 aromatic carbocycles. The molecule has 0 aliphatic rings. The molecule has 0 unspecified atom stereocenters. The predicted octanol–water partition coefficient (Wildman–Crippen LogP) is 8.54. The van der Waals surface area contributed by atoms with Gasteiger partial charge in [-0.2, -0.15) is 0 Å². The van der Waals surface area contributed by atoms with E-state index in [1.54, 1.807) is 30.3 Å². The average Bonchev–Trinajstić information content (AvgIpc) is 2.70. The highest BCUT2D eigenvalue weighted by Gasteiger charge is 2.13. The third-order valence-electron chi connectivity index (χ3n) is 4.19. The molecule has 0 radical (unpaired) electrons. The Hall–Kier alpha value is -1.49. The Bertz CT molecular complexity index is 1040. The van der Waals surface area contributed by atoms with E-state index in [0.29, 0.717) is 56.4 Å². The van der Waals surface area contributed by atoms with Gasteiger partial charge in [-0.1, -0.05) is 64.1 Å². The van der Waals surface area contributed by atoms with Crippen LogP contribution in [0.25, 0.3) is 0 Å². The van der Waals surface area contributed by atoms with Crippen molar-refractivity contribution in [2.24, 2.45) is 0 Å². The summed E-state index contributed by atoms with van der Waals surface area (Å²) in [6, 6.07) is 14.2. The third-order valence-corrected chi connectivity index (χ3v) is 5.83. The van der Waals surface area contributed by atoms with Crippen LogP contribution in [0.3, 0.4) is 0 Å². The Labute approximate surface area is 200 Å². The summed E-state index contributed by atoms with van der Waals surface area (Å²) in [5, 5.41) is 5.88. The number of hydrogen-bond donors (Lipinski definition) is 1. The van der Waals surface area contributed by atoms with E-state index in [4.69, 9.17) is 67.5 Å². The van der Waals surface area contributed by atoms with Gasteiger partial charge < -0.3 is 14.8 Å². The molecular weight excluding hydrogens is 488 g/mol. The largest absolute Gasteiger partial charge is 0.490 e. The second-order valence-corrected chi connectivity index (χ2v) is 8.40. The molecule has 0 aliphatic heterocycles. The molecule has 1 N–H and O–H groups in total. The maximum absolute atomic E-state index is 6.49. The maximum Gasteiger partial charge on any atom is 0.163 e. The number of halogens is 5. The summed E-state index contributed by atoms with van der Waals surface area (Å²) < 4.78 is 11.7. The molecule has 0 aromatic heterocycles. The zero-order valence-electron chi connectivity index (χ0n) is 15.9. The van der Waals surface area contributed by atoms with Crippen LogP contribution in [-0.2, 0) is 13.2 Å². The average molecular weight is 506 g/mol. The zero-order valence-corrected chi connectivity index (χ0v) is 19.7. The second-order valence-electron chi connectivity index (χ2n) is 6.34. The predicted molar refractivity (Wildman–Crippen MR) is 127 cm³/mol. The summed E-state index contributed by atoms with van der Waals surface area (Å²) >= 11 is 30.7. The first-order valence-electron chi connectivity index (χ1n) is 9.08. The van der Waals surface area contributed by atoms with Gasteiger partial charge in [0, 0.05) is 22.7 Å². The van der Waals surface area contributed by atoms with E-state index in [2.05, 4.69) is 5.32 Å². The lowest BCUT2D eigenvalue weighted by molar-refractivity contribution is 0.269. The van der Waals surface area contributed by atoms with Crippen molar-refractivity contribution >= 4 is 63.7 Å². The van der Waals surface area contributed by atoms with Crippen LogP contribution in [0.2, 0.25) is 25.1 Å². The summed E-state index contributed by atoms with van der Waals surface area (Å²) in [5.74, 6) is 1.14. The highest BCUT2D eigenvalue weighted by molar-refractivity contribution is 6.42. The van der Waals surface area contributed by atoms with Gasteiger partial charge in [0.05, 0.1) is 27.4 Å². The summed E-state index contributed by atoms with van der Waals surface area (Å²) in [4.78, 5) is 0. The quantitative estimate of drug-likeness (QED) is 0.333. The van der Waals surface area contributed by atoms with Crippen LogP contribution < -0.4 is 14.8 Å². The standard InChI is InChI=1S/C22H18Cl5NO2/c1-2-29-21-8-14(11-28-20-6-4-15(23)9-19(20)27)17(25)10-22(21)30-12-13-3-5-16(24)18(26)7-13/h3-10,28H,2,11-12H2,1H3. The summed E-state index contributed by atoms with van der Waals surface area (Å²) in [6.07, 6.45) is 0. The first-order chi connectivity index (χ1) is 14.4. The number of anilines is 1. The lowest BCUT2D eigenvalue weighted by atomic mass is 10.2. The summed E-state index contributed by atoms with van der Waals surface area (Å²) in [5.41, 5.74) is 2.48. The first kappa shape index (κ1) is 23.2. The number of nitrogens with one attached hydrogen (secondary N) is 1. The fraction of sp³-hybridized carbons (Fsp3) is 0.182. The fourth-order valence-electron chi connectivity index (χ4n) is 2.71. The summed E-state index contributed by atoms with van der Waals surface area (Å²) in [6.45, 7) is 3.14. The van der Waals surface area contributed by atoms with Crippen LogP contribution in [0.4, 0.5) is 5.69 Å². The van der Waals surface area contributed by atoms with E-state index in [1.807, 2.05) is 25.1 Å². The van der Waals surface area contributed by atoms with Gasteiger partial charge >= 0.3 is 0 Å². The summed E-state index contributed by atoms with van der Waals surface area (Å²) in [7, 11) is 0. The molecule has 0 fully saturated rings. The molecule has 3 nitrogen and oxygen atoms in total. The molecule has 3 aromatic rings. The van der Waals surface area contributed by atoms with Crippen molar-refractivity contribution in [3.8, 4) is 11.5 Å². The normalized spacial score (nSPS) is 10.7. The highest BCUT2D eigenvalue weighted by atomic mass is 35.5. The van der Waals surface area contributed by atoms with Crippen LogP contribution in [0.5, 0.6) is 11.5 Å². The van der Waals surface area contributed by atoms with E-state index in [9.17, 15) is 0 Å². The Morgan fingerprint density at radius 3 is 2.20 bits per heavy atom. The number of hydrogen-bond acceptors (Lipinski definition) is 3. The molecule has 0 saturated carbocycles. The smallest absolute Gasteiger partial charge is 0.163 e. The van der Waals surface area contributed by atoms with Gasteiger partial charge in [-0.3, -0.25) is 0 Å². The molecule has 0 heterocycles. The topological polar surface area (TPSA) is 30.5 Å². The van der Waals surface area contributed by atoms with Gasteiger partial charge in [-0.25, -0.2) is 0 Å². The van der Waals surface area contributed by atoms with Crippen molar-refractivity contribution in [2.75, 3.05) is 11.9 Å². The van der Waals surface area contributed by atoms with E-state index in [1.165, 1.54) is 0 Å². The molecular formula is C22H18Cl5NO2. The minimum atomic E-state index is 0.297. The SMILES string of the molecule is CCOc1cc(CNc2ccc(Cl)cc2Cl)c(Cl)cc1OCc1ccc(Cl)c(Cl)c1. The Morgan fingerprint density at radius 1 is 0.733 bits per heavy atom. The molecule has 0 bridgehead atoms. The third kappa shape index (κ3) is 6.03. The first-order valence-corrected chi connectivity index (χ1v) is 11.0. The van der Waals surface area contributed by atoms with Gasteiger partial charge in [0.25, 0.3) is 0 Å². The monoisotopic (exact) mass is 503 g/mol. The van der Waals surface area contributed by atoms with Crippen LogP contribution in [-0.4, -0.2) is 6.61 Å². The molecule has 3 rings (SSSR count). The molecule has 158 valence electrons. The van der Waals surface area contributed by atoms with Crippen molar-refractivity contribution in [1.82, 2.24) is 0 Å². The minimum Gasteiger partial charge on any atom is -0.490 e. The van der Waals surface area contributed by atoms with Gasteiger partial charge in [-0.15, -0.1) is 0 Å². The van der Waals surface area contributed by atoms with Crippen molar-refractivity contribution in [3.05, 3.63) is 84.8 Å². The minimum absolute atomic E-state index is 0.297. The molecule has 0 aliphatic carbocycles. The van der Waals surface area contributed by atoms with Crippen molar-refractivity contribution in [2.45, 2.75) is 20.1 Å². The van der Waals surface area contributed by atoms with Crippen molar-refractivity contribution in [3.63, 3.8) is 0 Å². The van der Waals surface area contributed by atoms with E-state index in [0.717, 1.165) is 16.8 Å². The van der Waals surface area contributed by atoms with Gasteiger partial charge in [0.1, 0.15) is 6.61 Å². The lowest BCUT2D eigenvalue weighted by Gasteiger charge is -2.16. The molecule has 30 heavy (non-hydrogen) atoms. The van der Waals surface area contributed by atoms with E-state index >= 15 is 0 Å². The van der Waals surface area contributed by atoms with Crippen LogP contribution in [0, 0.1) is 0 Å². The van der Waals surface area contributed by atoms with Gasteiger partial charge in [-0.05, 0) is 54.4 Å². The molecule has 8 heteroatoms. The highest BCUT2D eigenvalue weighted by Crippen LogP contribution is 2.35. The molecule has 0 atom stereocenters. The zero-order chi connectivity index (χ0) is 21.7. The fourth-order valence-corrected chi connectivity index (χ4v) is 3.72. The van der Waals surface area contributed by atoms with Gasteiger partial charge in [0.2, 0.25) is 0 Å². The molecule has 0 saturated heterocycles. The van der Waals surface area contributed by atoms with Crippen LogP contribution in [0.15, 0.2) is 48.5 Å². The van der Waals surface area contributed by atoms with E-state index in [-0.39, 0.29) is 0 Å². The van der Waals surface area contributed by atoms with Crippen molar-refractivity contribution < 1.29 is 9.47 Å². The van der Waals surface area contributed by atoms with Crippen molar-refractivity contribution in [1.29, 1.82) is 0 Å². The molecule has 0 amide bonds. The number of ether oxygens (including phenoxy) is 2. The van der Waals surface area contributed by atoms with Crippen LogP contribution in [0.1, 0.15) is 18.1 Å². The second kappa shape index (κ2) is 10.7. The van der Waals surface area contributed by atoms with Crippen LogP contribution >= 0.6 is 58.0 Å². The number of benzene rings is 3. The number of rotatable bonds is 8.